The van der Waals surface area contributed by atoms with Crippen molar-refractivity contribution in [3.63, 3.8) is 0 Å². The van der Waals surface area contributed by atoms with E-state index in [9.17, 15) is 9.59 Å². The Morgan fingerprint density at radius 2 is 1.97 bits per heavy atom. The maximum Gasteiger partial charge on any atom is 0.238 e. The Bertz CT molecular complexity index is 892. The number of nitrogens with zero attached hydrogens (tertiary/aromatic N) is 1. The zero-order chi connectivity index (χ0) is 21.0. The Kier molecular flexibility index (Phi) is 6.52. The van der Waals surface area contributed by atoms with Gasteiger partial charge < -0.3 is 10.1 Å². The van der Waals surface area contributed by atoms with Crippen LogP contribution in [0.15, 0.2) is 48.5 Å². The third-order valence-corrected chi connectivity index (χ3v) is 5.65. The van der Waals surface area contributed by atoms with E-state index in [1.807, 2.05) is 76.2 Å². The van der Waals surface area contributed by atoms with Gasteiger partial charge in [-0.3, -0.25) is 14.5 Å². The number of amides is 2. The van der Waals surface area contributed by atoms with Gasteiger partial charge in [-0.15, -0.1) is 11.8 Å². The molecule has 0 saturated carbocycles. The van der Waals surface area contributed by atoms with Crippen molar-refractivity contribution < 1.29 is 14.3 Å². The SMILES string of the molecule is CCOc1ccccc1N1C(=O)CS[C@H]1c1cccc(NC(=O)CC(C)(C)C)c1. The summed E-state index contributed by atoms with van der Waals surface area (Å²) in [4.78, 5) is 26.8. The minimum absolute atomic E-state index is 0.0108. The van der Waals surface area contributed by atoms with Crippen LogP contribution in [-0.2, 0) is 9.59 Å². The fourth-order valence-electron chi connectivity index (χ4n) is 3.32. The van der Waals surface area contributed by atoms with Crippen LogP contribution in [0.25, 0.3) is 0 Å². The van der Waals surface area contributed by atoms with Gasteiger partial charge in [0.05, 0.1) is 18.0 Å². The van der Waals surface area contributed by atoms with Crippen LogP contribution >= 0.6 is 11.8 Å². The molecule has 1 aliphatic heterocycles. The first-order valence-corrected chi connectivity index (χ1v) is 10.9. The van der Waals surface area contributed by atoms with Gasteiger partial charge in [-0.25, -0.2) is 0 Å². The lowest BCUT2D eigenvalue weighted by atomic mass is 9.92. The van der Waals surface area contributed by atoms with E-state index in [1.165, 1.54) is 0 Å². The first-order valence-electron chi connectivity index (χ1n) is 9.84. The molecule has 0 bridgehead atoms. The van der Waals surface area contributed by atoms with Crippen LogP contribution in [0.5, 0.6) is 5.75 Å². The van der Waals surface area contributed by atoms with Crippen molar-refractivity contribution in [2.24, 2.45) is 5.41 Å². The molecule has 154 valence electrons. The summed E-state index contributed by atoms with van der Waals surface area (Å²) in [7, 11) is 0. The molecule has 0 radical (unpaired) electrons. The minimum atomic E-state index is -0.163. The van der Waals surface area contributed by atoms with Crippen molar-refractivity contribution >= 4 is 35.0 Å². The standard InChI is InChI=1S/C23H28N2O3S/c1-5-28-19-12-7-6-11-18(19)25-21(27)15-29-22(25)16-9-8-10-17(13-16)24-20(26)14-23(2,3)4/h6-13,22H,5,14-15H2,1-4H3,(H,24,26)/t22-/m0/s1. The van der Waals surface area contributed by atoms with Crippen molar-refractivity contribution in [2.45, 2.75) is 39.5 Å². The van der Waals surface area contributed by atoms with E-state index in [2.05, 4.69) is 5.32 Å². The fourth-order valence-corrected chi connectivity index (χ4v) is 4.48. The largest absolute Gasteiger partial charge is 0.492 e. The highest BCUT2D eigenvalue weighted by Crippen LogP contribution is 2.45. The maximum absolute atomic E-state index is 12.7. The van der Waals surface area contributed by atoms with E-state index in [-0.39, 0.29) is 22.6 Å². The average Bonchev–Trinajstić information content (AvgIpc) is 3.02. The molecule has 1 atom stereocenters. The second-order valence-corrected chi connectivity index (χ2v) is 9.31. The second kappa shape index (κ2) is 8.91. The molecule has 2 aromatic carbocycles. The molecule has 29 heavy (non-hydrogen) atoms. The monoisotopic (exact) mass is 412 g/mol. The molecule has 1 aliphatic rings. The number of hydrogen-bond acceptors (Lipinski definition) is 4. The molecule has 2 amide bonds. The zero-order valence-corrected chi connectivity index (χ0v) is 18.2. The summed E-state index contributed by atoms with van der Waals surface area (Å²) in [6.07, 6.45) is 0.446. The fraction of sp³-hybridized carbons (Fsp3) is 0.391. The van der Waals surface area contributed by atoms with Gasteiger partial charge in [-0.05, 0) is 42.2 Å². The normalized spacial score (nSPS) is 16.8. The summed E-state index contributed by atoms with van der Waals surface area (Å²) in [5, 5.41) is 2.82. The van der Waals surface area contributed by atoms with Crippen LogP contribution in [0, 0.1) is 5.41 Å². The van der Waals surface area contributed by atoms with Crippen molar-refractivity contribution in [1.82, 2.24) is 0 Å². The van der Waals surface area contributed by atoms with Crippen LogP contribution in [0.1, 0.15) is 45.1 Å². The summed E-state index contributed by atoms with van der Waals surface area (Å²) in [5.74, 6) is 1.15. The molecular formula is C23H28N2O3S. The number of carbonyl (C=O) groups excluding carboxylic acids is 2. The van der Waals surface area contributed by atoms with Crippen LogP contribution in [0.4, 0.5) is 11.4 Å². The highest BCUT2D eigenvalue weighted by atomic mass is 32.2. The number of thioether (sulfide) groups is 1. The first-order chi connectivity index (χ1) is 13.8. The maximum atomic E-state index is 12.7. The Hall–Kier alpha value is -2.47. The number of anilines is 2. The molecular weight excluding hydrogens is 384 g/mol. The summed E-state index contributed by atoms with van der Waals surface area (Å²) >= 11 is 1.58. The van der Waals surface area contributed by atoms with Crippen molar-refractivity contribution in [2.75, 3.05) is 22.6 Å². The number of rotatable bonds is 6. The molecule has 2 aromatic rings. The van der Waals surface area contributed by atoms with Crippen molar-refractivity contribution in [3.8, 4) is 5.75 Å². The molecule has 3 rings (SSSR count). The Morgan fingerprint density at radius 3 is 2.69 bits per heavy atom. The Labute approximate surface area is 176 Å². The molecule has 1 heterocycles. The molecule has 0 aromatic heterocycles. The van der Waals surface area contributed by atoms with Crippen molar-refractivity contribution in [3.05, 3.63) is 54.1 Å². The number of hydrogen-bond donors (Lipinski definition) is 1. The topological polar surface area (TPSA) is 58.6 Å². The lowest BCUT2D eigenvalue weighted by molar-refractivity contribution is -0.118. The molecule has 0 unspecified atom stereocenters. The molecule has 0 spiro atoms. The average molecular weight is 413 g/mol. The Morgan fingerprint density at radius 1 is 1.21 bits per heavy atom. The van der Waals surface area contributed by atoms with Crippen LogP contribution in [-0.4, -0.2) is 24.2 Å². The van der Waals surface area contributed by atoms with E-state index >= 15 is 0 Å². The van der Waals surface area contributed by atoms with Gasteiger partial charge in [0.25, 0.3) is 0 Å². The molecule has 0 aliphatic carbocycles. The van der Waals surface area contributed by atoms with E-state index in [4.69, 9.17) is 4.74 Å². The lowest BCUT2D eigenvalue weighted by Crippen LogP contribution is -2.28. The van der Waals surface area contributed by atoms with Gasteiger partial charge >= 0.3 is 0 Å². The van der Waals surface area contributed by atoms with Gasteiger partial charge in [0.15, 0.2) is 0 Å². The summed E-state index contributed by atoms with van der Waals surface area (Å²) in [6, 6.07) is 15.4. The number of benzene rings is 2. The third kappa shape index (κ3) is 5.32. The lowest BCUT2D eigenvalue weighted by Gasteiger charge is -2.26. The van der Waals surface area contributed by atoms with Gasteiger partial charge in [-0.2, -0.15) is 0 Å². The summed E-state index contributed by atoms with van der Waals surface area (Å²) in [5.41, 5.74) is 2.42. The molecule has 6 heteroatoms. The first kappa shape index (κ1) is 21.2. The van der Waals surface area contributed by atoms with Gasteiger partial charge in [0.1, 0.15) is 11.1 Å². The number of para-hydroxylation sites is 2. The van der Waals surface area contributed by atoms with Crippen LogP contribution in [0.3, 0.4) is 0 Å². The highest BCUT2D eigenvalue weighted by molar-refractivity contribution is 8.00. The number of carbonyl (C=O) groups is 2. The predicted molar refractivity (Wildman–Crippen MR) is 119 cm³/mol. The zero-order valence-electron chi connectivity index (χ0n) is 17.4. The van der Waals surface area contributed by atoms with Crippen LogP contribution in [0.2, 0.25) is 0 Å². The Balaban J connectivity index is 1.86. The third-order valence-electron chi connectivity index (χ3n) is 4.44. The molecule has 1 saturated heterocycles. The van der Waals surface area contributed by atoms with E-state index in [1.54, 1.807) is 16.7 Å². The number of ether oxygens (including phenoxy) is 1. The van der Waals surface area contributed by atoms with Gasteiger partial charge in [0, 0.05) is 12.1 Å². The van der Waals surface area contributed by atoms with Crippen molar-refractivity contribution in [1.29, 1.82) is 0 Å². The molecule has 1 N–H and O–H groups in total. The van der Waals surface area contributed by atoms with Gasteiger partial charge in [0.2, 0.25) is 11.8 Å². The van der Waals surface area contributed by atoms with Gasteiger partial charge in [-0.1, -0.05) is 45.0 Å². The second-order valence-electron chi connectivity index (χ2n) is 8.24. The summed E-state index contributed by atoms with van der Waals surface area (Å²) < 4.78 is 5.74. The van der Waals surface area contributed by atoms with Crippen LogP contribution < -0.4 is 15.0 Å². The van der Waals surface area contributed by atoms with E-state index < -0.39 is 0 Å². The van der Waals surface area contributed by atoms with E-state index in [0.717, 1.165) is 16.9 Å². The van der Waals surface area contributed by atoms with E-state index in [0.29, 0.717) is 24.5 Å². The number of nitrogens with one attached hydrogen (secondary N) is 1. The molecule has 5 nitrogen and oxygen atoms in total. The molecule has 1 fully saturated rings. The summed E-state index contributed by atoms with van der Waals surface area (Å²) in [6.45, 7) is 8.58. The minimum Gasteiger partial charge on any atom is -0.492 e. The highest BCUT2D eigenvalue weighted by Gasteiger charge is 2.35. The smallest absolute Gasteiger partial charge is 0.238 e. The predicted octanol–water partition coefficient (Wildman–Crippen LogP) is 5.24. The quantitative estimate of drug-likeness (QED) is 0.705.